The number of fused-ring (bicyclic) bond motifs is 1. The lowest BCUT2D eigenvalue weighted by atomic mass is 10.2. The van der Waals surface area contributed by atoms with Crippen LogP contribution in [0, 0.1) is 17.5 Å². The van der Waals surface area contributed by atoms with Gasteiger partial charge in [0.05, 0.1) is 11.4 Å². The van der Waals surface area contributed by atoms with Crippen LogP contribution < -0.4 is 21.5 Å². The third-order valence-corrected chi connectivity index (χ3v) is 6.48. The Labute approximate surface area is 223 Å². The number of imidazole rings is 1. The molecular weight excluding hydrogens is 511 g/mol. The van der Waals surface area contributed by atoms with Crippen LogP contribution in [0.3, 0.4) is 0 Å². The Bertz CT molecular complexity index is 1570. The van der Waals surface area contributed by atoms with E-state index in [0.717, 1.165) is 43.2 Å². The summed E-state index contributed by atoms with van der Waals surface area (Å²) in [6.45, 7) is 5.37. The molecule has 2 aromatic carbocycles. The predicted octanol–water partition coefficient (Wildman–Crippen LogP) is 4.09. The zero-order chi connectivity index (χ0) is 28.4. The van der Waals surface area contributed by atoms with Gasteiger partial charge in [-0.05, 0) is 38.1 Å². The van der Waals surface area contributed by atoms with Gasteiger partial charge in [0.15, 0.2) is 17.5 Å². The predicted molar refractivity (Wildman–Crippen MR) is 144 cm³/mol. The van der Waals surface area contributed by atoms with Crippen molar-refractivity contribution in [1.82, 2.24) is 19.3 Å². The highest BCUT2D eigenvalue weighted by Crippen LogP contribution is 2.39. The molecule has 0 atom stereocenters. The summed E-state index contributed by atoms with van der Waals surface area (Å²) in [5, 5.41) is 6.59. The standard InChI is InChI=1S/C26H25F3N6O2.CH5N/c1-14(2)25-31-21-23(33(25)3)17(29)13-19(24(21)34-11-4-5-12-34)30-26(37)18-9-10-20(36)35(32-18)22-15(27)7-6-8-16(22)28;1-2/h6-10,13-14H,4-5,11-12H2,1-3H3,(H,30,37);2H2,1H3. The largest absolute Gasteiger partial charge is 0.368 e. The van der Waals surface area contributed by atoms with Crippen LogP contribution in [-0.2, 0) is 7.05 Å². The van der Waals surface area contributed by atoms with Crippen LogP contribution in [0.25, 0.3) is 16.7 Å². The normalized spacial score (nSPS) is 13.1. The molecule has 1 amide bonds. The Morgan fingerprint density at radius 1 is 1.00 bits per heavy atom. The molecule has 0 radical (unpaired) electrons. The molecule has 0 bridgehead atoms. The molecule has 1 saturated heterocycles. The van der Waals surface area contributed by atoms with Crippen molar-refractivity contribution in [3.05, 3.63) is 75.7 Å². The van der Waals surface area contributed by atoms with Crippen LogP contribution >= 0.6 is 0 Å². The highest BCUT2D eigenvalue weighted by molar-refractivity contribution is 6.08. The summed E-state index contributed by atoms with van der Waals surface area (Å²) in [7, 11) is 3.26. The van der Waals surface area contributed by atoms with Gasteiger partial charge in [0.25, 0.3) is 11.5 Å². The van der Waals surface area contributed by atoms with Gasteiger partial charge in [0.1, 0.15) is 28.2 Å². The molecule has 12 heteroatoms. The molecule has 3 N–H and O–H groups in total. The number of benzene rings is 2. The monoisotopic (exact) mass is 541 g/mol. The maximum Gasteiger partial charge on any atom is 0.276 e. The van der Waals surface area contributed by atoms with Crippen molar-refractivity contribution in [2.75, 3.05) is 30.4 Å². The van der Waals surface area contributed by atoms with Crippen molar-refractivity contribution in [2.45, 2.75) is 32.6 Å². The molecule has 3 heterocycles. The number of aromatic nitrogens is 4. The van der Waals surface area contributed by atoms with E-state index in [0.29, 0.717) is 40.3 Å². The summed E-state index contributed by atoms with van der Waals surface area (Å²) in [4.78, 5) is 32.3. The van der Waals surface area contributed by atoms with Crippen molar-refractivity contribution in [3.8, 4) is 5.69 Å². The number of hydrogen-bond donors (Lipinski definition) is 2. The van der Waals surface area contributed by atoms with Crippen molar-refractivity contribution < 1.29 is 18.0 Å². The fourth-order valence-corrected chi connectivity index (χ4v) is 4.79. The SMILES string of the molecule is CC(C)c1nc2c(N3CCCC3)c(NC(=O)c3ccc(=O)n(-c4c(F)cccc4F)n3)cc(F)c2n1C.CN. The molecule has 206 valence electrons. The Morgan fingerprint density at radius 3 is 2.26 bits per heavy atom. The van der Waals surface area contributed by atoms with E-state index in [1.54, 1.807) is 11.6 Å². The smallest absolute Gasteiger partial charge is 0.276 e. The molecule has 39 heavy (non-hydrogen) atoms. The second-order valence-electron chi connectivity index (χ2n) is 9.32. The van der Waals surface area contributed by atoms with Gasteiger partial charge in [-0.25, -0.2) is 18.2 Å². The second-order valence-corrected chi connectivity index (χ2v) is 9.32. The molecule has 0 spiro atoms. The van der Waals surface area contributed by atoms with Crippen molar-refractivity contribution in [3.63, 3.8) is 0 Å². The minimum atomic E-state index is -1.01. The summed E-state index contributed by atoms with van der Waals surface area (Å²) in [6, 6.07) is 6.51. The number of para-hydroxylation sites is 1. The summed E-state index contributed by atoms with van der Waals surface area (Å²) >= 11 is 0. The highest BCUT2D eigenvalue weighted by Gasteiger charge is 2.27. The number of nitrogens with one attached hydrogen (secondary N) is 1. The van der Waals surface area contributed by atoms with Crippen molar-refractivity contribution >= 4 is 28.3 Å². The average molecular weight is 542 g/mol. The second kappa shape index (κ2) is 11.3. The van der Waals surface area contributed by atoms with Crippen LogP contribution in [0.15, 0.2) is 41.2 Å². The molecule has 1 aliphatic heterocycles. The number of halogens is 3. The number of aryl methyl sites for hydroxylation is 1. The van der Waals surface area contributed by atoms with Crippen LogP contribution in [0.5, 0.6) is 0 Å². The summed E-state index contributed by atoms with van der Waals surface area (Å²) in [6.07, 6.45) is 1.88. The summed E-state index contributed by atoms with van der Waals surface area (Å²) in [5.74, 6) is -2.59. The van der Waals surface area contributed by atoms with Gasteiger partial charge in [0.2, 0.25) is 0 Å². The molecule has 0 saturated carbocycles. The van der Waals surface area contributed by atoms with Gasteiger partial charge in [-0.2, -0.15) is 9.78 Å². The lowest BCUT2D eigenvalue weighted by Gasteiger charge is -2.22. The maximum absolute atomic E-state index is 15.4. The lowest BCUT2D eigenvalue weighted by molar-refractivity contribution is 0.102. The quantitative estimate of drug-likeness (QED) is 0.394. The fraction of sp³-hybridized carbons (Fsp3) is 0.333. The first-order valence-corrected chi connectivity index (χ1v) is 12.5. The van der Waals surface area contributed by atoms with Gasteiger partial charge in [-0.15, -0.1) is 0 Å². The van der Waals surface area contributed by atoms with E-state index in [-0.39, 0.29) is 17.3 Å². The third kappa shape index (κ3) is 5.11. The fourth-order valence-electron chi connectivity index (χ4n) is 4.79. The van der Waals surface area contributed by atoms with E-state index in [9.17, 15) is 18.4 Å². The molecule has 5 rings (SSSR count). The van der Waals surface area contributed by atoms with E-state index < -0.39 is 34.6 Å². The molecule has 1 aliphatic rings. The molecular formula is C27H30F3N7O2. The van der Waals surface area contributed by atoms with E-state index in [2.05, 4.69) is 21.0 Å². The first-order valence-electron chi connectivity index (χ1n) is 12.5. The van der Waals surface area contributed by atoms with Gasteiger partial charge in [-0.3, -0.25) is 9.59 Å². The van der Waals surface area contributed by atoms with Crippen LogP contribution in [0.1, 0.15) is 48.9 Å². The molecule has 4 aromatic rings. The van der Waals surface area contributed by atoms with Gasteiger partial charge in [-0.1, -0.05) is 19.9 Å². The Kier molecular flexibility index (Phi) is 8.05. The molecule has 9 nitrogen and oxygen atoms in total. The van der Waals surface area contributed by atoms with Crippen molar-refractivity contribution in [1.29, 1.82) is 0 Å². The van der Waals surface area contributed by atoms with Crippen LogP contribution in [0.4, 0.5) is 24.5 Å². The zero-order valence-corrected chi connectivity index (χ0v) is 22.1. The molecule has 0 unspecified atom stereocenters. The van der Waals surface area contributed by atoms with Crippen LogP contribution in [0.2, 0.25) is 0 Å². The Balaban J connectivity index is 0.00000172. The first kappa shape index (κ1) is 27.8. The number of nitrogens with zero attached hydrogens (tertiary/aromatic N) is 5. The van der Waals surface area contributed by atoms with Gasteiger partial charge in [0, 0.05) is 38.2 Å². The third-order valence-electron chi connectivity index (χ3n) is 6.48. The van der Waals surface area contributed by atoms with Crippen LogP contribution in [-0.4, -0.2) is 45.4 Å². The number of nitrogens with two attached hydrogens (primary N) is 1. The number of anilines is 2. The zero-order valence-electron chi connectivity index (χ0n) is 22.1. The number of carbonyl (C=O) groups excluding carboxylic acids is 1. The Morgan fingerprint density at radius 2 is 1.64 bits per heavy atom. The number of carbonyl (C=O) groups is 1. The van der Waals surface area contributed by atoms with Crippen molar-refractivity contribution in [2.24, 2.45) is 12.8 Å². The molecule has 2 aromatic heterocycles. The number of amides is 1. The first-order chi connectivity index (χ1) is 18.7. The lowest BCUT2D eigenvalue weighted by Crippen LogP contribution is -2.27. The van der Waals surface area contributed by atoms with E-state index in [1.807, 2.05) is 13.8 Å². The van der Waals surface area contributed by atoms with E-state index in [1.165, 1.54) is 13.1 Å². The maximum atomic E-state index is 15.4. The minimum absolute atomic E-state index is 0.0466. The molecule has 0 aliphatic carbocycles. The van der Waals surface area contributed by atoms with Gasteiger partial charge < -0.3 is 20.5 Å². The average Bonchev–Trinajstić information content (AvgIpc) is 3.55. The Hall–Kier alpha value is -4.19. The summed E-state index contributed by atoms with van der Waals surface area (Å²) < 4.78 is 46.2. The topological polar surface area (TPSA) is 111 Å². The van der Waals surface area contributed by atoms with E-state index >= 15 is 4.39 Å². The summed E-state index contributed by atoms with van der Waals surface area (Å²) in [5.41, 5.74) is 4.28. The van der Waals surface area contributed by atoms with E-state index in [4.69, 9.17) is 4.98 Å². The number of hydrogen-bond acceptors (Lipinski definition) is 6. The minimum Gasteiger partial charge on any atom is -0.368 e. The van der Waals surface area contributed by atoms with Gasteiger partial charge >= 0.3 is 0 Å². The molecule has 1 fully saturated rings. The highest BCUT2D eigenvalue weighted by atomic mass is 19.1. The number of rotatable bonds is 5.